The van der Waals surface area contributed by atoms with Crippen LogP contribution in [0.4, 0.5) is 5.69 Å². The Bertz CT molecular complexity index is 904. The van der Waals surface area contributed by atoms with Crippen LogP contribution in [0.3, 0.4) is 0 Å². The molecular weight excluding hydrogens is 420 g/mol. The molecule has 0 spiro atoms. The van der Waals surface area contributed by atoms with Crippen molar-refractivity contribution in [1.29, 1.82) is 5.26 Å². The molecule has 0 aliphatic heterocycles. The summed E-state index contributed by atoms with van der Waals surface area (Å²) in [6.07, 6.45) is 0.220. The molecule has 0 atom stereocenters. The van der Waals surface area contributed by atoms with Gasteiger partial charge < -0.3 is 4.74 Å². The van der Waals surface area contributed by atoms with Crippen molar-refractivity contribution < 1.29 is 17.9 Å². The van der Waals surface area contributed by atoms with Gasteiger partial charge in [-0.3, -0.25) is 9.10 Å². The van der Waals surface area contributed by atoms with Gasteiger partial charge in [0.1, 0.15) is 6.54 Å². The van der Waals surface area contributed by atoms with Crippen LogP contribution in [0.25, 0.3) is 0 Å². The van der Waals surface area contributed by atoms with Crippen LogP contribution in [0.2, 0.25) is 0 Å². The molecule has 0 saturated carbocycles. The molecule has 0 aromatic heterocycles. The van der Waals surface area contributed by atoms with E-state index in [2.05, 4.69) is 15.9 Å². The molecule has 0 radical (unpaired) electrons. The molecule has 2 rings (SSSR count). The Morgan fingerprint density at radius 2 is 1.77 bits per heavy atom. The topological polar surface area (TPSA) is 87.5 Å². The van der Waals surface area contributed by atoms with Crippen molar-refractivity contribution in [2.45, 2.75) is 18.2 Å². The van der Waals surface area contributed by atoms with E-state index in [0.29, 0.717) is 5.69 Å². The first-order chi connectivity index (χ1) is 12.4. The Balaban J connectivity index is 2.44. The average molecular weight is 437 g/mol. The normalized spacial score (nSPS) is 10.8. The van der Waals surface area contributed by atoms with Crippen molar-refractivity contribution in [3.63, 3.8) is 0 Å². The Morgan fingerprint density at radius 1 is 1.15 bits per heavy atom. The molecule has 0 aliphatic rings. The van der Waals surface area contributed by atoms with Crippen molar-refractivity contribution in [2.75, 3.05) is 17.5 Å². The first kappa shape index (κ1) is 19.9. The fourth-order valence-corrected chi connectivity index (χ4v) is 3.92. The van der Waals surface area contributed by atoms with Crippen molar-refractivity contribution in [2.24, 2.45) is 0 Å². The molecule has 0 N–H and O–H groups in total. The highest BCUT2D eigenvalue weighted by Crippen LogP contribution is 2.25. The van der Waals surface area contributed by atoms with Crippen molar-refractivity contribution in [3.05, 3.63) is 58.6 Å². The predicted molar refractivity (Wildman–Crippen MR) is 101 cm³/mol. The van der Waals surface area contributed by atoms with E-state index in [1.807, 2.05) is 6.07 Å². The lowest BCUT2D eigenvalue weighted by molar-refractivity contribution is -0.141. The average Bonchev–Trinajstić information content (AvgIpc) is 2.61. The third-order valence-electron chi connectivity index (χ3n) is 3.49. The third kappa shape index (κ3) is 4.84. The van der Waals surface area contributed by atoms with E-state index in [9.17, 15) is 13.2 Å². The summed E-state index contributed by atoms with van der Waals surface area (Å²) in [6.45, 7) is 1.37. The Morgan fingerprint density at radius 3 is 2.31 bits per heavy atom. The van der Waals surface area contributed by atoms with Crippen molar-refractivity contribution in [3.8, 4) is 6.07 Å². The number of nitrogens with zero attached hydrogens (tertiary/aromatic N) is 2. The molecule has 136 valence electrons. The lowest BCUT2D eigenvalue weighted by Gasteiger charge is -2.23. The van der Waals surface area contributed by atoms with E-state index in [1.165, 1.54) is 12.1 Å². The van der Waals surface area contributed by atoms with Crippen LogP contribution in [0.1, 0.15) is 12.5 Å². The number of nitriles is 1. The number of sulfonamides is 1. The Kier molecular flexibility index (Phi) is 6.77. The molecule has 0 bridgehead atoms. The molecule has 0 unspecified atom stereocenters. The van der Waals surface area contributed by atoms with Crippen LogP contribution < -0.4 is 4.31 Å². The van der Waals surface area contributed by atoms with Gasteiger partial charge in [0.25, 0.3) is 10.0 Å². The summed E-state index contributed by atoms with van der Waals surface area (Å²) in [5.41, 5.74) is 1.08. The fraction of sp³-hybridized carbons (Fsp3) is 0.222. The van der Waals surface area contributed by atoms with E-state index >= 15 is 0 Å². The minimum atomic E-state index is -3.96. The molecule has 0 fully saturated rings. The summed E-state index contributed by atoms with van der Waals surface area (Å²) in [6, 6.07) is 14.7. The van der Waals surface area contributed by atoms with Gasteiger partial charge in [-0.2, -0.15) is 5.26 Å². The van der Waals surface area contributed by atoms with Gasteiger partial charge in [0, 0.05) is 4.47 Å². The highest BCUT2D eigenvalue weighted by atomic mass is 79.9. The first-order valence-electron chi connectivity index (χ1n) is 7.78. The molecule has 0 amide bonds. The number of anilines is 1. The quantitative estimate of drug-likeness (QED) is 0.621. The van der Waals surface area contributed by atoms with E-state index in [4.69, 9.17) is 10.00 Å². The van der Waals surface area contributed by atoms with E-state index < -0.39 is 22.5 Å². The first-order valence-corrected chi connectivity index (χ1v) is 10.0. The highest BCUT2D eigenvalue weighted by Gasteiger charge is 2.27. The standard InChI is InChI=1S/C18H17BrN2O4S/c1-2-25-18(22)13-21(16-7-3-14(4-8-16)11-12-20)26(23,24)17-9-5-15(19)6-10-17/h3-10H,2,11,13H2,1H3. The van der Waals surface area contributed by atoms with Gasteiger partial charge in [0.15, 0.2) is 0 Å². The minimum absolute atomic E-state index is 0.0612. The predicted octanol–water partition coefficient (Wildman–Crippen LogP) is 3.27. The maximum atomic E-state index is 13.0. The Labute approximate surface area is 161 Å². The molecule has 6 nitrogen and oxygen atoms in total. The zero-order valence-electron chi connectivity index (χ0n) is 14.1. The molecule has 0 heterocycles. The maximum Gasteiger partial charge on any atom is 0.326 e. The van der Waals surface area contributed by atoms with Gasteiger partial charge in [-0.05, 0) is 48.9 Å². The summed E-state index contributed by atoms with van der Waals surface area (Å²) >= 11 is 3.27. The number of esters is 1. The number of halogens is 1. The molecule has 0 aliphatic carbocycles. The van der Waals surface area contributed by atoms with Gasteiger partial charge in [-0.25, -0.2) is 8.42 Å². The van der Waals surface area contributed by atoms with Gasteiger partial charge >= 0.3 is 5.97 Å². The van der Waals surface area contributed by atoms with Crippen LogP contribution in [-0.4, -0.2) is 27.5 Å². The number of hydrogen-bond donors (Lipinski definition) is 0. The molecule has 26 heavy (non-hydrogen) atoms. The van der Waals surface area contributed by atoms with Gasteiger partial charge in [0.2, 0.25) is 0 Å². The van der Waals surface area contributed by atoms with E-state index in [-0.39, 0.29) is 17.9 Å². The zero-order valence-corrected chi connectivity index (χ0v) is 16.5. The second kappa shape index (κ2) is 8.83. The molecule has 0 saturated heterocycles. The number of carbonyl (C=O) groups is 1. The van der Waals surface area contributed by atoms with Crippen LogP contribution in [0, 0.1) is 11.3 Å². The monoisotopic (exact) mass is 436 g/mol. The third-order valence-corrected chi connectivity index (χ3v) is 5.80. The number of hydrogen-bond acceptors (Lipinski definition) is 5. The molecular formula is C18H17BrN2O4S. The fourth-order valence-electron chi connectivity index (χ4n) is 2.24. The number of ether oxygens (including phenoxy) is 1. The van der Waals surface area contributed by atoms with Crippen LogP contribution >= 0.6 is 15.9 Å². The summed E-state index contributed by atoms with van der Waals surface area (Å²) in [5, 5.41) is 8.76. The van der Waals surface area contributed by atoms with Crippen molar-refractivity contribution in [1.82, 2.24) is 0 Å². The number of rotatable bonds is 7. The van der Waals surface area contributed by atoms with Gasteiger partial charge in [0.05, 0.1) is 29.7 Å². The zero-order chi connectivity index (χ0) is 19.2. The number of benzene rings is 2. The number of carbonyl (C=O) groups excluding carboxylic acids is 1. The lowest BCUT2D eigenvalue weighted by atomic mass is 10.1. The molecule has 2 aromatic carbocycles. The Hall–Kier alpha value is -2.37. The van der Waals surface area contributed by atoms with Gasteiger partial charge in [-0.1, -0.05) is 28.1 Å². The summed E-state index contributed by atoms with van der Waals surface area (Å²) in [5.74, 6) is -0.644. The van der Waals surface area contributed by atoms with Crippen LogP contribution in [-0.2, 0) is 26.0 Å². The van der Waals surface area contributed by atoms with Crippen LogP contribution in [0.15, 0.2) is 57.9 Å². The largest absolute Gasteiger partial charge is 0.465 e. The van der Waals surface area contributed by atoms with Crippen molar-refractivity contribution >= 4 is 37.6 Å². The molecule has 2 aromatic rings. The molecule has 8 heteroatoms. The smallest absolute Gasteiger partial charge is 0.326 e. The maximum absolute atomic E-state index is 13.0. The summed E-state index contributed by atoms with van der Waals surface area (Å²) in [7, 11) is -3.96. The summed E-state index contributed by atoms with van der Waals surface area (Å²) in [4.78, 5) is 12.0. The van der Waals surface area contributed by atoms with Crippen LogP contribution in [0.5, 0.6) is 0 Å². The SMILES string of the molecule is CCOC(=O)CN(c1ccc(CC#N)cc1)S(=O)(=O)c1ccc(Br)cc1. The van der Waals surface area contributed by atoms with E-state index in [0.717, 1.165) is 14.3 Å². The second-order valence-electron chi connectivity index (χ2n) is 5.27. The van der Waals surface area contributed by atoms with Gasteiger partial charge in [-0.15, -0.1) is 0 Å². The lowest BCUT2D eigenvalue weighted by Crippen LogP contribution is -2.36. The summed E-state index contributed by atoms with van der Waals surface area (Å²) < 4.78 is 32.7. The highest BCUT2D eigenvalue weighted by molar-refractivity contribution is 9.10. The van der Waals surface area contributed by atoms with E-state index in [1.54, 1.807) is 43.3 Å². The second-order valence-corrected chi connectivity index (χ2v) is 8.05. The minimum Gasteiger partial charge on any atom is -0.465 e.